The Balaban J connectivity index is 2.06. The number of fused-ring (bicyclic) bond motifs is 1. The van der Waals surface area contributed by atoms with Gasteiger partial charge >= 0.3 is 6.18 Å². The molecule has 1 aromatic heterocycles. The number of likely N-dealkylation sites (N-methyl/N-ethyl adjacent to an activating group) is 1. The predicted molar refractivity (Wildman–Crippen MR) is 73.7 cm³/mol. The maximum absolute atomic E-state index is 12.3. The van der Waals surface area contributed by atoms with Gasteiger partial charge in [0.15, 0.2) is 0 Å². The summed E-state index contributed by atoms with van der Waals surface area (Å²) in [5.41, 5.74) is 1.13. The summed E-state index contributed by atoms with van der Waals surface area (Å²) >= 11 is 1.64. The molecule has 0 amide bonds. The number of alkyl halides is 3. The first-order chi connectivity index (χ1) is 8.99. The summed E-state index contributed by atoms with van der Waals surface area (Å²) in [6.07, 6.45) is -4.06. The standard InChI is InChI=1S/C14H16F3NS/c1-18-11(6-7-14(15,16)17)8-10-9-19-13-5-3-2-4-12(10)13/h2-5,9,11,18H,6-8H2,1H3. The zero-order chi connectivity index (χ0) is 13.9. The number of hydrogen-bond donors (Lipinski definition) is 1. The maximum atomic E-state index is 12.3. The zero-order valence-corrected chi connectivity index (χ0v) is 11.4. The number of thiophene rings is 1. The molecule has 5 heteroatoms. The van der Waals surface area contributed by atoms with Crippen LogP contribution in [0.4, 0.5) is 13.2 Å². The second-order valence-corrected chi connectivity index (χ2v) is 5.51. The van der Waals surface area contributed by atoms with Crippen LogP contribution in [0.25, 0.3) is 10.1 Å². The molecule has 0 bridgehead atoms. The molecule has 1 nitrogen and oxygen atoms in total. The molecule has 1 heterocycles. The summed E-state index contributed by atoms with van der Waals surface area (Å²) in [4.78, 5) is 0. The van der Waals surface area contributed by atoms with Crippen LogP contribution in [0.5, 0.6) is 0 Å². The first kappa shape index (κ1) is 14.3. The third-order valence-electron chi connectivity index (χ3n) is 3.21. The molecule has 0 aliphatic rings. The van der Waals surface area contributed by atoms with Gasteiger partial charge in [0.25, 0.3) is 0 Å². The molecule has 0 aliphatic heterocycles. The summed E-state index contributed by atoms with van der Waals surface area (Å²) in [6.45, 7) is 0. The molecular formula is C14H16F3NS. The second kappa shape index (κ2) is 5.92. The van der Waals surface area contributed by atoms with Gasteiger partial charge in [-0.25, -0.2) is 0 Å². The second-order valence-electron chi connectivity index (χ2n) is 4.60. The van der Waals surface area contributed by atoms with Gasteiger partial charge in [-0.1, -0.05) is 18.2 Å². The highest BCUT2D eigenvalue weighted by Gasteiger charge is 2.28. The largest absolute Gasteiger partial charge is 0.389 e. The summed E-state index contributed by atoms with van der Waals surface area (Å²) in [5, 5.41) is 6.18. The van der Waals surface area contributed by atoms with Crippen molar-refractivity contribution in [2.75, 3.05) is 7.05 Å². The fraction of sp³-hybridized carbons (Fsp3) is 0.429. The molecule has 1 atom stereocenters. The molecule has 0 fully saturated rings. The molecule has 1 unspecified atom stereocenters. The topological polar surface area (TPSA) is 12.0 Å². The van der Waals surface area contributed by atoms with E-state index in [1.807, 2.05) is 29.6 Å². The smallest absolute Gasteiger partial charge is 0.317 e. The van der Waals surface area contributed by atoms with Crippen molar-refractivity contribution in [3.8, 4) is 0 Å². The van der Waals surface area contributed by atoms with Crippen LogP contribution in [0.1, 0.15) is 18.4 Å². The molecule has 0 saturated heterocycles. The zero-order valence-electron chi connectivity index (χ0n) is 10.6. The number of nitrogens with one attached hydrogen (secondary N) is 1. The monoisotopic (exact) mass is 287 g/mol. The molecule has 19 heavy (non-hydrogen) atoms. The average Bonchev–Trinajstić information content (AvgIpc) is 2.77. The first-order valence-electron chi connectivity index (χ1n) is 6.19. The Morgan fingerprint density at radius 2 is 2.00 bits per heavy atom. The Kier molecular flexibility index (Phi) is 4.47. The minimum atomic E-state index is -4.08. The van der Waals surface area contributed by atoms with E-state index < -0.39 is 12.6 Å². The highest BCUT2D eigenvalue weighted by molar-refractivity contribution is 7.17. The van der Waals surface area contributed by atoms with Crippen molar-refractivity contribution in [2.45, 2.75) is 31.5 Å². The van der Waals surface area contributed by atoms with Crippen molar-refractivity contribution in [1.82, 2.24) is 5.32 Å². The van der Waals surface area contributed by atoms with Crippen LogP contribution < -0.4 is 5.32 Å². The van der Waals surface area contributed by atoms with Gasteiger partial charge in [-0.05, 0) is 42.3 Å². The number of hydrogen-bond acceptors (Lipinski definition) is 2. The van der Waals surface area contributed by atoms with Crippen molar-refractivity contribution in [2.24, 2.45) is 0 Å². The van der Waals surface area contributed by atoms with Gasteiger partial charge in [0, 0.05) is 17.2 Å². The molecule has 0 saturated carbocycles. The molecule has 0 aliphatic carbocycles. The summed E-state index contributed by atoms with van der Waals surface area (Å²) in [6, 6.07) is 7.86. The Morgan fingerprint density at radius 3 is 2.68 bits per heavy atom. The first-order valence-corrected chi connectivity index (χ1v) is 7.06. The van der Waals surface area contributed by atoms with Crippen LogP contribution in [0.2, 0.25) is 0 Å². The molecule has 0 radical (unpaired) electrons. The van der Waals surface area contributed by atoms with Gasteiger partial charge in [0.2, 0.25) is 0 Å². The normalized spacial score (nSPS) is 13.9. The van der Waals surface area contributed by atoms with Crippen molar-refractivity contribution >= 4 is 21.4 Å². The fourth-order valence-electron chi connectivity index (χ4n) is 2.14. The Morgan fingerprint density at radius 1 is 1.26 bits per heavy atom. The van der Waals surface area contributed by atoms with Crippen molar-refractivity contribution < 1.29 is 13.2 Å². The lowest BCUT2D eigenvalue weighted by Crippen LogP contribution is -2.29. The van der Waals surface area contributed by atoms with Crippen molar-refractivity contribution in [3.05, 3.63) is 35.2 Å². The lowest BCUT2D eigenvalue weighted by atomic mass is 10.0. The number of rotatable bonds is 5. The van der Waals surface area contributed by atoms with Crippen LogP contribution in [0.3, 0.4) is 0 Å². The SMILES string of the molecule is CNC(CCC(F)(F)F)Cc1csc2ccccc12. The lowest BCUT2D eigenvalue weighted by Gasteiger charge is -2.16. The Bertz CT molecular complexity index is 533. The van der Waals surface area contributed by atoms with Crippen LogP contribution in [0, 0.1) is 0 Å². The van der Waals surface area contributed by atoms with E-state index in [1.165, 1.54) is 4.70 Å². The van der Waals surface area contributed by atoms with E-state index in [-0.39, 0.29) is 12.5 Å². The third-order valence-corrected chi connectivity index (χ3v) is 4.22. The van der Waals surface area contributed by atoms with E-state index in [0.29, 0.717) is 6.42 Å². The van der Waals surface area contributed by atoms with Gasteiger partial charge < -0.3 is 5.32 Å². The van der Waals surface area contributed by atoms with Crippen LogP contribution >= 0.6 is 11.3 Å². The molecule has 1 aromatic carbocycles. The van der Waals surface area contributed by atoms with Gasteiger partial charge in [-0.3, -0.25) is 0 Å². The minimum absolute atomic E-state index is 0.115. The van der Waals surface area contributed by atoms with Crippen LogP contribution in [-0.4, -0.2) is 19.3 Å². The van der Waals surface area contributed by atoms with Crippen molar-refractivity contribution in [3.63, 3.8) is 0 Å². The highest BCUT2D eigenvalue weighted by Crippen LogP contribution is 2.28. The van der Waals surface area contributed by atoms with Crippen LogP contribution in [0.15, 0.2) is 29.6 Å². The number of halogens is 3. The summed E-state index contributed by atoms with van der Waals surface area (Å²) < 4.78 is 38.0. The molecular weight excluding hydrogens is 271 g/mol. The lowest BCUT2D eigenvalue weighted by molar-refractivity contribution is -0.136. The minimum Gasteiger partial charge on any atom is -0.317 e. The number of benzene rings is 1. The van der Waals surface area contributed by atoms with Gasteiger partial charge in [0.05, 0.1) is 0 Å². The van der Waals surface area contributed by atoms with E-state index >= 15 is 0 Å². The average molecular weight is 287 g/mol. The molecule has 2 rings (SSSR count). The quantitative estimate of drug-likeness (QED) is 0.861. The van der Waals surface area contributed by atoms with Gasteiger partial charge in [-0.15, -0.1) is 11.3 Å². The summed E-state index contributed by atoms with van der Waals surface area (Å²) in [7, 11) is 1.72. The molecule has 2 aromatic rings. The highest BCUT2D eigenvalue weighted by atomic mass is 32.1. The fourth-order valence-corrected chi connectivity index (χ4v) is 3.12. The Hall–Kier alpha value is -1.07. The van der Waals surface area contributed by atoms with Crippen LogP contribution in [-0.2, 0) is 6.42 Å². The van der Waals surface area contributed by atoms with Gasteiger partial charge in [0.1, 0.15) is 0 Å². The van der Waals surface area contributed by atoms with E-state index in [1.54, 1.807) is 18.4 Å². The molecule has 1 N–H and O–H groups in total. The van der Waals surface area contributed by atoms with E-state index in [4.69, 9.17) is 0 Å². The molecule has 0 spiro atoms. The third kappa shape index (κ3) is 3.94. The van der Waals surface area contributed by atoms with E-state index in [2.05, 4.69) is 5.32 Å². The predicted octanol–water partition coefficient (Wildman–Crippen LogP) is 4.37. The van der Waals surface area contributed by atoms with E-state index in [9.17, 15) is 13.2 Å². The Labute approximate surface area is 114 Å². The molecule has 104 valence electrons. The summed E-state index contributed by atoms with van der Waals surface area (Å²) in [5.74, 6) is 0. The van der Waals surface area contributed by atoms with Crippen molar-refractivity contribution in [1.29, 1.82) is 0 Å². The van der Waals surface area contributed by atoms with Gasteiger partial charge in [-0.2, -0.15) is 13.2 Å². The maximum Gasteiger partial charge on any atom is 0.389 e. The van der Waals surface area contributed by atoms with E-state index in [0.717, 1.165) is 10.9 Å².